The molecule has 3 aliphatic rings. The largest absolute Gasteiger partial charge is 0.456 e. The van der Waals surface area contributed by atoms with Gasteiger partial charge in [-0.15, -0.1) is 0 Å². The maximum absolute atomic E-state index is 13.3. The van der Waals surface area contributed by atoms with Crippen molar-refractivity contribution < 1.29 is 14.3 Å². The summed E-state index contributed by atoms with van der Waals surface area (Å²) < 4.78 is 13.0. The van der Waals surface area contributed by atoms with Gasteiger partial charge in [-0.05, 0) is 73.2 Å². The molecule has 2 unspecified atom stereocenters. The average Bonchev–Trinajstić information content (AvgIpc) is 3.55. The van der Waals surface area contributed by atoms with Gasteiger partial charge in [0.25, 0.3) is 0 Å². The number of ether oxygens (including phenoxy) is 2. The third-order valence-corrected chi connectivity index (χ3v) is 8.63. The Morgan fingerprint density at radius 2 is 1.67 bits per heavy atom. The first-order valence-electron chi connectivity index (χ1n) is 13.8. The van der Waals surface area contributed by atoms with Crippen LogP contribution in [0.3, 0.4) is 0 Å². The third-order valence-electron chi connectivity index (χ3n) is 8.63. The van der Waals surface area contributed by atoms with E-state index < -0.39 is 5.60 Å². The van der Waals surface area contributed by atoms with Gasteiger partial charge < -0.3 is 19.7 Å². The molecular weight excluding hydrogens is 484 g/mol. The number of benzene rings is 4. The zero-order chi connectivity index (χ0) is 26.7. The predicted molar refractivity (Wildman–Crippen MR) is 154 cm³/mol. The van der Waals surface area contributed by atoms with Gasteiger partial charge in [-0.3, -0.25) is 0 Å². The molecule has 1 spiro atoms. The molecule has 5 heteroatoms. The van der Waals surface area contributed by atoms with Gasteiger partial charge in [0.15, 0.2) is 5.60 Å². The summed E-state index contributed by atoms with van der Waals surface area (Å²) in [6.07, 6.45) is 1.20. The lowest BCUT2D eigenvalue weighted by molar-refractivity contribution is 0.0224. The molecular formula is C34H32N2O3. The molecule has 4 aromatic carbocycles. The van der Waals surface area contributed by atoms with Crippen LogP contribution in [0.2, 0.25) is 0 Å². The number of carbonyl (C=O) groups excluding carboxylic acids is 1. The molecule has 3 heterocycles. The summed E-state index contributed by atoms with van der Waals surface area (Å²) in [7, 11) is 0. The fourth-order valence-corrected chi connectivity index (χ4v) is 6.38. The van der Waals surface area contributed by atoms with Gasteiger partial charge in [0.1, 0.15) is 11.5 Å². The zero-order valence-electron chi connectivity index (χ0n) is 22.5. The second-order valence-corrected chi connectivity index (χ2v) is 11.3. The number of fused-ring (bicyclic) bond motifs is 6. The van der Waals surface area contributed by atoms with Crippen LogP contribution >= 0.6 is 0 Å². The molecule has 0 bridgehead atoms. The van der Waals surface area contributed by atoms with Gasteiger partial charge in [-0.25, -0.2) is 4.79 Å². The lowest BCUT2D eigenvalue weighted by atomic mass is 9.77. The zero-order valence-corrected chi connectivity index (χ0v) is 22.5. The number of hydrogen-bond acceptors (Lipinski definition) is 5. The Morgan fingerprint density at radius 1 is 0.897 bits per heavy atom. The maximum atomic E-state index is 13.3. The Balaban J connectivity index is 1.38. The van der Waals surface area contributed by atoms with Gasteiger partial charge in [-0.1, -0.05) is 50.2 Å². The molecule has 1 fully saturated rings. The summed E-state index contributed by atoms with van der Waals surface area (Å²) in [5, 5.41) is 3.54. The monoisotopic (exact) mass is 516 g/mol. The van der Waals surface area contributed by atoms with Crippen LogP contribution in [-0.2, 0) is 10.3 Å². The Bertz CT molecular complexity index is 1600. The summed E-state index contributed by atoms with van der Waals surface area (Å²) in [5.41, 5.74) is 6.17. The maximum Gasteiger partial charge on any atom is 0.340 e. The number of anilines is 3. The molecule has 5 nitrogen and oxygen atoms in total. The van der Waals surface area contributed by atoms with E-state index in [0.717, 1.165) is 58.2 Å². The third kappa shape index (κ3) is 3.71. The highest BCUT2D eigenvalue weighted by Gasteiger charge is 2.53. The molecule has 0 radical (unpaired) electrons. The number of esters is 1. The minimum atomic E-state index is -1.08. The molecule has 1 saturated heterocycles. The van der Waals surface area contributed by atoms with Crippen LogP contribution in [0.4, 0.5) is 17.1 Å². The first-order valence-corrected chi connectivity index (χ1v) is 13.8. The van der Waals surface area contributed by atoms with Crippen molar-refractivity contribution in [1.29, 1.82) is 0 Å². The van der Waals surface area contributed by atoms with Gasteiger partial charge in [0.05, 0.1) is 5.56 Å². The molecule has 4 aromatic rings. The topological polar surface area (TPSA) is 50.8 Å². The van der Waals surface area contributed by atoms with E-state index in [9.17, 15) is 4.79 Å². The smallest absolute Gasteiger partial charge is 0.340 e. The minimum Gasteiger partial charge on any atom is -0.456 e. The molecule has 0 aliphatic carbocycles. The Labute approximate surface area is 229 Å². The van der Waals surface area contributed by atoms with Crippen molar-refractivity contribution >= 4 is 23.0 Å². The normalized spacial score (nSPS) is 20.9. The standard InChI is InChI=1S/C34H32N2O3/c1-21(2)23-15-16-36(20-23)25-13-14-28-32(18-25)38-31-17-22(3)30(35-24-9-5-4-6-10-24)19-29(31)34(28)27-12-8-7-11-26(27)33(37)39-34/h4-14,17-19,21,23,35H,15-16,20H2,1-3H3. The number of rotatable bonds is 4. The van der Waals surface area contributed by atoms with Crippen LogP contribution in [-0.4, -0.2) is 19.1 Å². The van der Waals surface area contributed by atoms with Crippen molar-refractivity contribution in [1.82, 2.24) is 0 Å². The van der Waals surface area contributed by atoms with E-state index in [-0.39, 0.29) is 5.97 Å². The van der Waals surface area contributed by atoms with Gasteiger partial charge in [0.2, 0.25) is 0 Å². The quantitative estimate of drug-likeness (QED) is 0.281. The fourth-order valence-electron chi connectivity index (χ4n) is 6.38. The van der Waals surface area contributed by atoms with Crippen LogP contribution in [0.1, 0.15) is 52.9 Å². The predicted octanol–water partition coefficient (Wildman–Crippen LogP) is 7.79. The number of nitrogens with one attached hydrogen (secondary N) is 1. The highest BCUT2D eigenvalue weighted by molar-refractivity contribution is 5.97. The van der Waals surface area contributed by atoms with E-state index in [1.165, 1.54) is 6.42 Å². The van der Waals surface area contributed by atoms with E-state index in [1.54, 1.807) is 0 Å². The first-order chi connectivity index (χ1) is 18.9. The second-order valence-electron chi connectivity index (χ2n) is 11.3. The number of hydrogen-bond donors (Lipinski definition) is 1. The van der Waals surface area contributed by atoms with Crippen LogP contribution < -0.4 is 15.0 Å². The first kappa shape index (κ1) is 23.8. The van der Waals surface area contributed by atoms with E-state index in [0.29, 0.717) is 23.1 Å². The van der Waals surface area contributed by atoms with E-state index in [2.05, 4.69) is 61.3 Å². The summed E-state index contributed by atoms with van der Waals surface area (Å²) in [4.78, 5) is 15.7. The highest BCUT2D eigenvalue weighted by atomic mass is 16.6. The van der Waals surface area contributed by atoms with Crippen molar-refractivity contribution in [2.45, 2.75) is 32.8 Å². The molecule has 0 amide bonds. The molecule has 3 aliphatic heterocycles. The van der Waals surface area contributed by atoms with Crippen LogP contribution in [0.15, 0.2) is 84.9 Å². The molecule has 1 N–H and O–H groups in total. The molecule has 0 saturated carbocycles. The SMILES string of the molecule is Cc1cc2c(cc1Nc1ccccc1)C1(OC(=O)c3ccccc31)c1ccc(N3CCC(C(C)C)C3)cc1O2. The van der Waals surface area contributed by atoms with Gasteiger partial charge in [-0.2, -0.15) is 0 Å². The fraction of sp³-hybridized carbons (Fsp3) is 0.265. The lowest BCUT2D eigenvalue weighted by Gasteiger charge is -2.37. The lowest BCUT2D eigenvalue weighted by Crippen LogP contribution is -2.33. The molecule has 196 valence electrons. The van der Waals surface area contributed by atoms with E-state index in [1.807, 2.05) is 54.6 Å². The van der Waals surface area contributed by atoms with E-state index in [4.69, 9.17) is 9.47 Å². The second kappa shape index (κ2) is 8.91. The van der Waals surface area contributed by atoms with Gasteiger partial charge >= 0.3 is 5.97 Å². The van der Waals surface area contributed by atoms with Crippen LogP contribution in [0, 0.1) is 18.8 Å². The van der Waals surface area contributed by atoms with Crippen molar-refractivity contribution in [3.8, 4) is 11.5 Å². The molecule has 7 rings (SSSR count). The summed E-state index contributed by atoms with van der Waals surface area (Å²) in [6.45, 7) is 8.76. The molecule has 0 aromatic heterocycles. The Hall–Kier alpha value is -4.25. The van der Waals surface area contributed by atoms with Crippen molar-refractivity contribution in [2.24, 2.45) is 11.8 Å². The van der Waals surface area contributed by atoms with Crippen molar-refractivity contribution in [3.05, 3.63) is 113 Å². The number of para-hydroxylation sites is 1. The average molecular weight is 517 g/mol. The summed E-state index contributed by atoms with van der Waals surface area (Å²) in [6, 6.07) is 28.3. The van der Waals surface area contributed by atoms with Crippen LogP contribution in [0.25, 0.3) is 0 Å². The number of nitrogens with zero attached hydrogens (tertiary/aromatic N) is 1. The van der Waals surface area contributed by atoms with Crippen molar-refractivity contribution in [2.75, 3.05) is 23.3 Å². The highest BCUT2D eigenvalue weighted by Crippen LogP contribution is 2.57. The Morgan fingerprint density at radius 3 is 2.46 bits per heavy atom. The molecule has 39 heavy (non-hydrogen) atoms. The van der Waals surface area contributed by atoms with Gasteiger partial charge in [0, 0.05) is 52.9 Å². The van der Waals surface area contributed by atoms with Crippen LogP contribution in [0.5, 0.6) is 11.5 Å². The van der Waals surface area contributed by atoms with Crippen molar-refractivity contribution in [3.63, 3.8) is 0 Å². The Kier molecular flexibility index (Phi) is 5.44. The van der Waals surface area contributed by atoms with E-state index >= 15 is 0 Å². The number of carbonyl (C=O) groups is 1. The minimum absolute atomic E-state index is 0.314. The summed E-state index contributed by atoms with van der Waals surface area (Å²) in [5.74, 6) is 2.48. The number of aryl methyl sites for hydroxylation is 1. The summed E-state index contributed by atoms with van der Waals surface area (Å²) >= 11 is 0. The molecule has 2 atom stereocenters.